The molecule has 0 unspecified atom stereocenters. The Bertz CT molecular complexity index is 804. The number of hydrogen-bond donors (Lipinski definition) is 0. The maximum absolute atomic E-state index is 13.1. The summed E-state index contributed by atoms with van der Waals surface area (Å²) >= 11 is 0. The Kier molecular flexibility index (Phi) is 6.21. The molecule has 0 aliphatic rings. The van der Waals surface area contributed by atoms with E-state index >= 15 is 0 Å². The summed E-state index contributed by atoms with van der Waals surface area (Å²) in [5.41, 5.74) is 3.68. The van der Waals surface area contributed by atoms with Gasteiger partial charge in [0, 0.05) is 19.2 Å². The highest BCUT2D eigenvalue weighted by atomic mass is 19.1. The molecule has 136 valence electrons. The molecule has 0 amide bonds. The third kappa shape index (κ3) is 5.04. The topological polar surface area (TPSA) is 17.8 Å². The third-order valence-electron chi connectivity index (χ3n) is 4.73. The molecule has 0 fully saturated rings. The van der Waals surface area contributed by atoms with Crippen molar-refractivity contribution in [3.63, 3.8) is 0 Å². The summed E-state index contributed by atoms with van der Waals surface area (Å²) in [7, 11) is 0. The number of imidazole rings is 1. The van der Waals surface area contributed by atoms with E-state index in [0.717, 1.165) is 49.3 Å². The Balaban J connectivity index is 1.64. The van der Waals surface area contributed by atoms with Gasteiger partial charge < -0.3 is 4.57 Å². The van der Waals surface area contributed by atoms with E-state index in [1.807, 2.05) is 12.1 Å². The van der Waals surface area contributed by atoms with Crippen LogP contribution in [0.25, 0.3) is 0 Å². The zero-order valence-corrected chi connectivity index (χ0v) is 15.7. The summed E-state index contributed by atoms with van der Waals surface area (Å²) in [6.07, 6.45) is 6.14. The van der Waals surface area contributed by atoms with Gasteiger partial charge in [-0.15, -0.1) is 0 Å². The van der Waals surface area contributed by atoms with Gasteiger partial charge in [-0.05, 0) is 48.4 Å². The quantitative estimate of drug-likeness (QED) is 0.520. The maximum atomic E-state index is 13.1. The van der Waals surface area contributed by atoms with Crippen LogP contribution < -0.4 is 0 Å². The molecule has 3 aromatic rings. The van der Waals surface area contributed by atoms with Crippen LogP contribution >= 0.6 is 0 Å². The average Bonchev–Trinajstić information content (AvgIpc) is 3.06. The van der Waals surface area contributed by atoms with Crippen molar-refractivity contribution in [1.82, 2.24) is 9.55 Å². The van der Waals surface area contributed by atoms with Gasteiger partial charge in [0.25, 0.3) is 0 Å². The molecule has 0 saturated heterocycles. The highest BCUT2D eigenvalue weighted by Crippen LogP contribution is 2.17. The van der Waals surface area contributed by atoms with E-state index in [9.17, 15) is 4.39 Å². The lowest BCUT2D eigenvalue weighted by molar-refractivity contribution is 0.606. The first-order valence-corrected chi connectivity index (χ1v) is 9.46. The number of halogens is 1. The molecule has 0 aliphatic heterocycles. The highest BCUT2D eigenvalue weighted by molar-refractivity contribution is 5.18. The number of aryl methyl sites for hydroxylation is 4. The molecule has 0 saturated carbocycles. The van der Waals surface area contributed by atoms with Gasteiger partial charge in [-0.25, -0.2) is 9.37 Å². The number of hydrogen-bond acceptors (Lipinski definition) is 1. The zero-order valence-electron chi connectivity index (χ0n) is 15.7. The van der Waals surface area contributed by atoms with Crippen LogP contribution in [-0.2, 0) is 25.8 Å². The molecule has 3 rings (SSSR count). The van der Waals surface area contributed by atoms with Gasteiger partial charge in [0.05, 0.1) is 5.69 Å². The standard InChI is InChI=1S/C23H27FN2/c1-18(2)22-17-26(16-6-9-19-7-4-3-5-8-19)23(25-22)15-12-20-10-13-21(24)14-11-20/h3-5,7-8,10-11,13-14,17-18H,6,9,12,15-16H2,1-2H3. The molecule has 0 radical (unpaired) electrons. The molecule has 0 spiro atoms. The van der Waals surface area contributed by atoms with E-state index in [4.69, 9.17) is 4.98 Å². The molecular formula is C23H27FN2. The molecule has 3 heteroatoms. The Morgan fingerprint density at radius 1 is 0.885 bits per heavy atom. The first-order valence-electron chi connectivity index (χ1n) is 9.46. The van der Waals surface area contributed by atoms with Gasteiger partial charge in [0.1, 0.15) is 11.6 Å². The lowest BCUT2D eigenvalue weighted by atomic mass is 10.1. The largest absolute Gasteiger partial charge is 0.335 e. The zero-order chi connectivity index (χ0) is 18.4. The molecule has 26 heavy (non-hydrogen) atoms. The second-order valence-corrected chi connectivity index (χ2v) is 7.15. The number of aromatic nitrogens is 2. The summed E-state index contributed by atoms with van der Waals surface area (Å²) in [6.45, 7) is 5.34. The van der Waals surface area contributed by atoms with E-state index in [1.54, 1.807) is 0 Å². The van der Waals surface area contributed by atoms with E-state index in [1.165, 1.54) is 17.7 Å². The first-order chi connectivity index (χ1) is 12.6. The van der Waals surface area contributed by atoms with Crippen LogP contribution in [0.1, 0.15) is 48.8 Å². The van der Waals surface area contributed by atoms with Crippen molar-refractivity contribution >= 4 is 0 Å². The summed E-state index contributed by atoms with van der Waals surface area (Å²) in [6, 6.07) is 17.4. The van der Waals surface area contributed by atoms with Crippen molar-refractivity contribution in [3.05, 3.63) is 89.3 Å². The van der Waals surface area contributed by atoms with Crippen molar-refractivity contribution in [2.45, 2.75) is 52.0 Å². The second kappa shape index (κ2) is 8.79. The van der Waals surface area contributed by atoms with Crippen LogP contribution in [0.15, 0.2) is 60.8 Å². The number of benzene rings is 2. The van der Waals surface area contributed by atoms with E-state index in [0.29, 0.717) is 5.92 Å². The Hall–Kier alpha value is -2.42. The van der Waals surface area contributed by atoms with E-state index < -0.39 is 0 Å². The normalized spacial score (nSPS) is 11.2. The Morgan fingerprint density at radius 2 is 1.58 bits per heavy atom. The van der Waals surface area contributed by atoms with Crippen LogP contribution in [0.5, 0.6) is 0 Å². The molecule has 2 aromatic carbocycles. The van der Waals surface area contributed by atoms with Gasteiger partial charge in [0.2, 0.25) is 0 Å². The predicted octanol–water partition coefficient (Wildman–Crippen LogP) is 5.56. The van der Waals surface area contributed by atoms with Crippen LogP contribution in [-0.4, -0.2) is 9.55 Å². The molecule has 0 atom stereocenters. The van der Waals surface area contributed by atoms with Crippen LogP contribution in [0, 0.1) is 5.82 Å². The number of nitrogens with zero attached hydrogens (tertiary/aromatic N) is 2. The minimum atomic E-state index is -0.182. The van der Waals surface area contributed by atoms with Crippen molar-refractivity contribution in [1.29, 1.82) is 0 Å². The maximum Gasteiger partial charge on any atom is 0.123 e. The minimum Gasteiger partial charge on any atom is -0.335 e. The van der Waals surface area contributed by atoms with Crippen LogP contribution in [0.3, 0.4) is 0 Å². The molecule has 0 N–H and O–H groups in total. The SMILES string of the molecule is CC(C)c1cn(CCCc2ccccc2)c(CCc2ccc(F)cc2)n1. The fourth-order valence-corrected chi connectivity index (χ4v) is 3.15. The molecule has 1 aromatic heterocycles. The summed E-state index contributed by atoms with van der Waals surface area (Å²) in [4.78, 5) is 4.86. The first kappa shape index (κ1) is 18.4. The molecule has 0 aliphatic carbocycles. The summed E-state index contributed by atoms with van der Waals surface area (Å²) in [5, 5.41) is 0. The lowest BCUT2D eigenvalue weighted by Gasteiger charge is -2.08. The fraction of sp³-hybridized carbons (Fsp3) is 0.348. The lowest BCUT2D eigenvalue weighted by Crippen LogP contribution is -2.05. The van der Waals surface area contributed by atoms with Gasteiger partial charge in [-0.1, -0.05) is 56.3 Å². The molecule has 0 bridgehead atoms. The minimum absolute atomic E-state index is 0.182. The summed E-state index contributed by atoms with van der Waals surface area (Å²) in [5.74, 6) is 1.37. The van der Waals surface area contributed by atoms with E-state index in [2.05, 4.69) is 54.9 Å². The van der Waals surface area contributed by atoms with E-state index in [-0.39, 0.29) is 5.82 Å². The monoisotopic (exact) mass is 350 g/mol. The third-order valence-corrected chi connectivity index (χ3v) is 4.73. The van der Waals surface area contributed by atoms with Gasteiger partial charge in [-0.2, -0.15) is 0 Å². The van der Waals surface area contributed by atoms with Gasteiger partial charge in [0.15, 0.2) is 0 Å². The highest BCUT2D eigenvalue weighted by Gasteiger charge is 2.11. The fourth-order valence-electron chi connectivity index (χ4n) is 3.15. The second-order valence-electron chi connectivity index (χ2n) is 7.15. The van der Waals surface area contributed by atoms with Crippen LogP contribution in [0.2, 0.25) is 0 Å². The van der Waals surface area contributed by atoms with Crippen molar-refractivity contribution < 1.29 is 4.39 Å². The van der Waals surface area contributed by atoms with Crippen molar-refractivity contribution in [2.75, 3.05) is 0 Å². The van der Waals surface area contributed by atoms with Crippen LogP contribution in [0.4, 0.5) is 4.39 Å². The van der Waals surface area contributed by atoms with Crippen molar-refractivity contribution in [3.8, 4) is 0 Å². The smallest absolute Gasteiger partial charge is 0.123 e. The molecular weight excluding hydrogens is 323 g/mol. The Labute approximate surface area is 155 Å². The van der Waals surface area contributed by atoms with Gasteiger partial charge in [-0.3, -0.25) is 0 Å². The number of rotatable bonds is 8. The predicted molar refractivity (Wildman–Crippen MR) is 105 cm³/mol. The van der Waals surface area contributed by atoms with Gasteiger partial charge >= 0.3 is 0 Å². The Morgan fingerprint density at radius 3 is 2.27 bits per heavy atom. The molecule has 2 nitrogen and oxygen atoms in total. The average molecular weight is 350 g/mol. The van der Waals surface area contributed by atoms with Crippen molar-refractivity contribution in [2.24, 2.45) is 0 Å². The molecule has 1 heterocycles. The summed E-state index contributed by atoms with van der Waals surface area (Å²) < 4.78 is 15.4.